The Morgan fingerprint density at radius 1 is 1.20 bits per heavy atom. The van der Waals surface area contributed by atoms with Crippen LogP contribution < -0.4 is 5.32 Å². The van der Waals surface area contributed by atoms with Gasteiger partial charge >= 0.3 is 0 Å². The van der Waals surface area contributed by atoms with E-state index in [1.165, 1.54) is 21.7 Å². The third-order valence-electron chi connectivity index (χ3n) is 3.38. The second-order valence-corrected chi connectivity index (χ2v) is 5.95. The lowest BCUT2D eigenvalue weighted by Gasteiger charge is -2.13. The molecule has 0 saturated heterocycles. The number of rotatable bonds is 6. The minimum absolute atomic E-state index is 0.414. The summed E-state index contributed by atoms with van der Waals surface area (Å²) < 4.78 is 0. The second kappa shape index (κ2) is 7.46. The molecule has 1 unspecified atom stereocenters. The highest BCUT2D eigenvalue weighted by atomic mass is 32.2. The summed E-state index contributed by atoms with van der Waals surface area (Å²) in [6.45, 7) is 7.44. The van der Waals surface area contributed by atoms with Gasteiger partial charge in [-0.3, -0.25) is 4.98 Å². The third kappa shape index (κ3) is 4.09. The molecule has 0 aliphatic rings. The normalized spacial score (nSPS) is 12.3. The van der Waals surface area contributed by atoms with Crippen molar-refractivity contribution >= 4 is 11.8 Å². The van der Waals surface area contributed by atoms with E-state index in [4.69, 9.17) is 0 Å². The highest BCUT2D eigenvalue weighted by molar-refractivity contribution is 7.98. The van der Waals surface area contributed by atoms with Crippen LogP contribution in [0.1, 0.15) is 36.7 Å². The van der Waals surface area contributed by atoms with Crippen molar-refractivity contribution in [1.82, 2.24) is 10.3 Å². The zero-order valence-corrected chi connectivity index (χ0v) is 13.2. The number of nitrogens with zero attached hydrogens (tertiary/aromatic N) is 1. The van der Waals surface area contributed by atoms with Crippen molar-refractivity contribution in [2.24, 2.45) is 0 Å². The van der Waals surface area contributed by atoms with Crippen LogP contribution in [-0.2, 0) is 5.75 Å². The van der Waals surface area contributed by atoms with Crippen molar-refractivity contribution in [3.8, 4) is 0 Å². The third-order valence-corrected chi connectivity index (χ3v) is 4.41. The molecule has 1 heterocycles. The molecule has 3 heteroatoms. The van der Waals surface area contributed by atoms with E-state index in [2.05, 4.69) is 61.4 Å². The van der Waals surface area contributed by atoms with E-state index in [1.807, 2.05) is 24.0 Å². The highest BCUT2D eigenvalue weighted by Crippen LogP contribution is 2.24. The summed E-state index contributed by atoms with van der Waals surface area (Å²) in [7, 11) is 0. The van der Waals surface area contributed by atoms with Gasteiger partial charge in [0, 0.05) is 22.9 Å². The first-order valence-corrected chi connectivity index (χ1v) is 8.06. The fourth-order valence-corrected chi connectivity index (χ4v) is 3.03. The van der Waals surface area contributed by atoms with Crippen LogP contribution in [0.3, 0.4) is 0 Å². The van der Waals surface area contributed by atoms with E-state index >= 15 is 0 Å². The van der Waals surface area contributed by atoms with E-state index in [1.54, 1.807) is 0 Å². The first kappa shape index (κ1) is 15.1. The van der Waals surface area contributed by atoms with Gasteiger partial charge in [0.15, 0.2) is 0 Å². The average molecular weight is 286 g/mol. The SMILES string of the molecule is CCNC(C)c1ccc(SCc2ncccc2C)cc1. The van der Waals surface area contributed by atoms with Crippen molar-refractivity contribution < 1.29 is 0 Å². The molecule has 2 nitrogen and oxygen atoms in total. The molecule has 0 spiro atoms. The summed E-state index contributed by atoms with van der Waals surface area (Å²) in [6, 6.07) is 13.3. The van der Waals surface area contributed by atoms with Crippen LogP contribution in [0.25, 0.3) is 0 Å². The summed E-state index contributed by atoms with van der Waals surface area (Å²) in [4.78, 5) is 5.73. The number of nitrogens with one attached hydrogen (secondary N) is 1. The summed E-state index contributed by atoms with van der Waals surface area (Å²) in [5, 5.41) is 3.43. The van der Waals surface area contributed by atoms with Gasteiger partial charge in [-0.05, 0) is 49.7 Å². The smallest absolute Gasteiger partial charge is 0.0535 e. The second-order valence-electron chi connectivity index (χ2n) is 4.90. The number of benzene rings is 1. The van der Waals surface area contributed by atoms with Crippen molar-refractivity contribution in [3.63, 3.8) is 0 Å². The Kier molecular flexibility index (Phi) is 5.62. The molecule has 0 saturated carbocycles. The number of thioether (sulfide) groups is 1. The Balaban J connectivity index is 1.96. The van der Waals surface area contributed by atoms with E-state index in [0.29, 0.717) is 6.04 Å². The standard InChI is InChI=1S/C17H22N2S/c1-4-18-14(3)15-7-9-16(10-8-15)20-12-17-13(2)6-5-11-19-17/h5-11,14,18H,4,12H2,1-3H3. The number of hydrogen-bond acceptors (Lipinski definition) is 3. The molecule has 0 aliphatic carbocycles. The van der Waals surface area contributed by atoms with Crippen molar-refractivity contribution in [1.29, 1.82) is 0 Å². The number of aryl methyl sites for hydroxylation is 1. The largest absolute Gasteiger partial charge is 0.310 e. The molecule has 20 heavy (non-hydrogen) atoms. The lowest BCUT2D eigenvalue weighted by atomic mass is 10.1. The van der Waals surface area contributed by atoms with Crippen molar-refractivity contribution in [2.45, 2.75) is 37.5 Å². The first-order valence-electron chi connectivity index (χ1n) is 7.07. The Morgan fingerprint density at radius 2 is 1.95 bits per heavy atom. The summed E-state index contributed by atoms with van der Waals surface area (Å²) in [5.74, 6) is 0.925. The molecular formula is C17H22N2S. The molecule has 0 fully saturated rings. The number of aromatic nitrogens is 1. The average Bonchev–Trinajstić information content (AvgIpc) is 2.47. The van der Waals surface area contributed by atoms with Crippen molar-refractivity contribution in [2.75, 3.05) is 6.54 Å². The fraction of sp³-hybridized carbons (Fsp3) is 0.353. The minimum Gasteiger partial charge on any atom is -0.310 e. The van der Waals surface area contributed by atoms with Gasteiger partial charge in [0.2, 0.25) is 0 Å². The van der Waals surface area contributed by atoms with E-state index in [-0.39, 0.29) is 0 Å². The van der Waals surface area contributed by atoms with E-state index in [9.17, 15) is 0 Å². The highest BCUT2D eigenvalue weighted by Gasteiger charge is 2.04. The van der Waals surface area contributed by atoms with E-state index in [0.717, 1.165) is 12.3 Å². The first-order chi connectivity index (χ1) is 9.70. The Hall–Kier alpha value is -1.32. The fourth-order valence-electron chi connectivity index (χ4n) is 2.10. The lowest BCUT2D eigenvalue weighted by Crippen LogP contribution is -2.17. The number of pyridine rings is 1. The topological polar surface area (TPSA) is 24.9 Å². The van der Waals surface area contributed by atoms with Crippen LogP contribution >= 0.6 is 11.8 Å². The van der Waals surface area contributed by atoms with Crippen LogP contribution in [0, 0.1) is 6.92 Å². The molecule has 2 rings (SSSR count). The van der Waals surface area contributed by atoms with Gasteiger partial charge < -0.3 is 5.32 Å². The summed E-state index contributed by atoms with van der Waals surface area (Å²) >= 11 is 1.84. The Morgan fingerprint density at radius 3 is 2.60 bits per heavy atom. The van der Waals surface area contributed by atoms with Crippen LogP contribution in [-0.4, -0.2) is 11.5 Å². The summed E-state index contributed by atoms with van der Waals surface area (Å²) in [6.07, 6.45) is 1.87. The zero-order valence-electron chi connectivity index (χ0n) is 12.4. The predicted molar refractivity (Wildman–Crippen MR) is 87.1 cm³/mol. The molecular weight excluding hydrogens is 264 g/mol. The molecule has 1 aromatic heterocycles. The molecule has 1 atom stereocenters. The van der Waals surface area contributed by atoms with Gasteiger partial charge in [0.05, 0.1) is 5.69 Å². The van der Waals surface area contributed by atoms with Gasteiger partial charge in [-0.1, -0.05) is 25.1 Å². The van der Waals surface area contributed by atoms with Crippen molar-refractivity contribution in [3.05, 3.63) is 59.4 Å². The van der Waals surface area contributed by atoms with Gasteiger partial charge in [-0.25, -0.2) is 0 Å². The maximum absolute atomic E-state index is 4.43. The van der Waals surface area contributed by atoms with Crippen LogP contribution in [0.5, 0.6) is 0 Å². The summed E-state index contributed by atoms with van der Waals surface area (Å²) in [5.41, 5.74) is 3.77. The maximum Gasteiger partial charge on any atom is 0.0535 e. The Bertz CT molecular complexity index is 537. The molecule has 0 aliphatic heterocycles. The quantitative estimate of drug-likeness (QED) is 0.799. The minimum atomic E-state index is 0.414. The zero-order chi connectivity index (χ0) is 14.4. The van der Waals surface area contributed by atoms with E-state index < -0.39 is 0 Å². The maximum atomic E-state index is 4.43. The monoisotopic (exact) mass is 286 g/mol. The Labute approximate surface area is 126 Å². The molecule has 0 bridgehead atoms. The molecule has 0 amide bonds. The van der Waals surface area contributed by atoms with Crippen LogP contribution in [0.2, 0.25) is 0 Å². The predicted octanol–water partition coefficient (Wildman–Crippen LogP) is 4.35. The molecule has 106 valence electrons. The van der Waals surface area contributed by atoms with Gasteiger partial charge in [-0.2, -0.15) is 0 Å². The number of hydrogen-bond donors (Lipinski definition) is 1. The van der Waals surface area contributed by atoms with Gasteiger partial charge in [-0.15, -0.1) is 11.8 Å². The molecule has 2 aromatic rings. The lowest BCUT2D eigenvalue weighted by molar-refractivity contribution is 0.598. The van der Waals surface area contributed by atoms with Gasteiger partial charge in [0.1, 0.15) is 0 Å². The van der Waals surface area contributed by atoms with Crippen LogP contribution in [0.15, 0.2) is 47.5 Å². The molecule has 0 radical (unpaired) electrons. The van der Waals surface area contributed by atoms with Gasteiger partial charge in [0.25, 0.3) is 0 Å². The molecule has 1 N–H and O–H groups in total. The van der Waals surface area contributed by atoms with Crippen LogP contribution in [0.4, 0.5) is 0 Å². The molecule has 1 aromatic carbocycles.